The minimum absolute atomic E-state index is 0.0205. The predicted octanol–water partition coefficient (Wildman–Crippen LogP) is 4.41. The summed E-state index contributed by atoms with van der Waals surface area (Å²) in [6.07, 6.45) is 4.22. The van der Waals surface area contributed by atoms with E-state index in [2.05, 4.69) is 10.3 Å². The van der Waals surface area contributed by atoms with E-state index in [0.717, 1.165) is 18.5 Å². The van der Waals surface area contributed by atoms with Gasteiger partial charge in [0.15, 0.2) is 18.0 Å². The van der Waals surface area contributed by atoms with Crippen LogP contribution in [0.1, 0.15) is 50.9 Å². The molecule has 3 heterocycles. The van der Waals surface area contributed by atoms with Gasteiger partial charge in [0.25, 0.3) is 0 Å². The van der Waals surface area contributed by atoms with Gasteiger partial charge in [-0.15, -0.1) is 3.89 Å². The summed E-state index contributed by atoms with van der Waals surface area (Å²) in [6, 6.07) is 1.92. The molecule has 0 saturated carbocycles. The van der Waals surface area contributed by atoms with Crippen molar-refractivity contribution in [3.63, 3.8) is 0 Å². The number of hydrogen-bond acceptors (Lipinski definition) is 7. The summed E-state index contributed by atoms with van der Waals surface area (Å²) in [5.41, 5.74) is 0.840. The van der Waals surface area contributed by atoms with E-state index in [4.69, 9.17) is 9.47 Å². The van der Waals surface area contributed by atoms with Crippen LogP contribution < -0.4 is 5.32 Å². The third kappa shape index (κ3) is 5.16. The fourth-order valence-corrected chi connectivity index (χ4v) is 3.71. The quantitative estimate of drug-likeness (QED) is 0.692. The van der Waals surface area contributed by atoms with Crippen LogP contribution in [0.3, 0.4) is 0 Å². The molecule has 1 fully saturated rings. The molecular weight excluding hydrogens is 411 g/mol. The van der Waals surface area contributed by atoms with Crippen LogP contribution in [0.4, 0.5) is 14.4 Å². The average molecular weight is 439 g/mol. The number of rotatable bonds is 5. The summed E-state index contributed by atoms with van der Waals surface area (Å²) in [4.78, 5) is 30.5. The molecule has 0 radical (unpaired) electrons. The van der Waals surface area contributed by atoms with Crippen LogP contribution >= 0.6 is 12.3 Å². The van der Waals surface area contributed by atoms with Crippen molar-refractivity contribution in [3.8, 4) is 0 Å². The highest BCUT2D eigenvalue weighted by Crippen LogP contribution is 2.28. The minimum Gasteiger partial charge on any atom is -0.462 e. The fraction of sp³-hybridized carbons (Fsp3) is 0.550. The number of aromatic nitrogens is 2. The molecule has 1 saturated heterocycles. The topological polar surface area (TPSA) is 85.7 Å². The number of anilines is 1. The van der Waals surface area contributed by atoms with Crippen molar-refractivity contribution in [2.45, 2.75) is 52.2 Å². The van der Waals surface area contributed by atoms with Crippen molar-refractivity contribution in [1.29, 1.82) is 0 Å². The standard InChI is InChI=1S/C20H27FN4O4S/c1-5-28-18(26)16-12-25(30-21)17-15(16)10-14(11-22-17)23-13-6-8-24(9-7-13)19(27)29-20(2,3)4/h10-13,23H,5-9H2,1-4H3. The SMILES string of the molecule is CCOC(=O)c1cn(SF)c2ncc(NC3CCN(C(=O)OC(C)(C)C)CC3)cc12. The van der Waals surface area contributed by atoms with Gasteiger partial charge >= 0.3 is 12.1 Å². The molecule has 0 aliphatic carbocycles. The number of halogens is 1. The largest absolute Gasteiger partial charge is 0.462 e. The number of piperidine rings is 1. The lowest BCUT2D eigenvalue weighted by atomic mass is 10.0. The third-order valence-corrected chi connectivity index (χ3v) is 5.13. The van der Waals surface area contributed by atoms with Crippen molar-refractivity contribution in [2.75, 3.05) is 25.0 Å². The molecule has 8 nitrogen and oxygen atoms in total. The van der Waals surface area contributed by atoms with Gasteiger partial charge in [0, 0.05) is 30.7 Å². The average Bonchev–Trinajstić information content (AvgIpc) is 3.05. The minimum atomic E-state index is -0.516. The third-order valence-electron chi connectivity index (χ3n) is 4.70. The molecule has 3 rings (SSSR count). The molecule has 2 aromatic rings. The van der Waals surface area contributed by atoms with Gasteiger partial charge < -0.3 is 19.7 Å². The lowest BCUT2D eigenvalue weighted by Gasteiger charge is -2.34. The van der Waals surface area contributed by atoms with Crippen LogP contribution in [0.2, 0.25) is 0 Å². The van der Waals surface area contributed by atoms with E-state index in [0.29, 0.717) is 24.1 Å². The number of hydrogen-bond donors (Lipinski definition) is 1. The van der Waals surface area contributed by atoms with Crippen molar-refractivity contribution < 1.29 is 22.9 Å². The van der Waals surface area contributed by atoms with Gasteiger partial charge in [0.05, 0.1) is 24.1 Å². The van der Waals surface area contributed by atoms with Crippen LogP contribution in [0, 0.1) is 0 Å². The van der Waals surface area contributed by atoms with Gasteiger partial charge in [-0.2, -0.15) is 0 Å². The number of pyridine rings is 1. The Bertz CT molecular complexity index is 919. The maximum absolute atomic E-state index is 13.2. The Hall–Kier alpha value is -2.49. The maximum Gasteiger partial charge on any atom is 0.410 e. The van der Waals surface area contributed by atoms with Crippen LogP contribution in [-0.2, 0) is 9.47 Å². The molecule has 1 N–H and O–H groups in total. The first-order valence-electron chi connectivity index (χ1n) is 9.93. The molecule has 0 bridgehead atoms. The molecule has 30 heavy (non-hydrogen) atoms. The second-order valence-corrected chi connectivity index (χ2v) is 8.67. The number of likely N-dealkylation sites (tertiary alicyclic amines) is 1. The van der Waals surface area contributed by atoms with Crippen molar-refractivity contribution >= 4 is 41.1 Å². The Morgan fingerprint density at radius 3 is 2.63 bits per heavy atom. The number of esters is 1. The second-order valence-electron chi connectivity index (χ2n) is 8.14. The number of amides is 1. The van der Waals surface area contributed by atoms with E-state index < -0.39 is 11.6 Å². The Balaban J connectivity index is 1.69. The van der Waals surface area contributed by atoms with Crippen LogP contribution in [0.15, 0.2) is 18.5 Å². The summed E-state index contributed by atoms with van der Waals surface area (Å²) in [5, 5.41) is 3.93. The first-order valence-corrected chi connectivity index (χ1v) is 10.6. The number of ether oxygens (including phenoxy) is 2. The summed E-state index contributed by atoms with van der Waals surface area (Å²) < 4.78 is 24.9. The fourth-order valence-electron chi connectivity index (χ4n) is 3.35. The summed E-state index contributed by atoms with van der Waals surface area (Å²) in [7, 11) is 0. The van der Waals surface area contributed by atoms with Gasteiger partial charge in [-0.05, 0) is 46.6 Å². The number of fused-ring (bicyclic) bond motifs is 1. The first-order chi connectivity index (χ1) is 14.2. The van der Waals surface area contributed by atoms with E-state index in [9.17, 15) is 13.5 Å². The molecule has 0 spiro atoms. The predicted molar refractivity (Wildman–Crippen MR) is 114 cm³/mol. The van der Waals surface area contributed by atoms with E-state index in [1.807, 2.05) is 20.8 Å². The summed E-state index contributed by atoms with van der Waals surface area (Å²) >= 11 is -0.0205. The number of nitrogens with one attached hydrogen (secondary N) is 1. The van der Waals surface area contributed by atoms with E-state index in [-0.39, 0.29) is 36.6 Å². The number of carbonyl (C=O) groups is 2. The summed E-state index contributed by atoms with van der Waals surface area (Å²) in [5.74, 6) is -0.514. The lowest BCUT2D eigenvalue weighted by molar-refractivity contribution is 0.0210. The lowest BCUT2D eigenvalue weighted by Crippen LogP contribution is -2.44. The van der Waals surface area contributed by atoms with Gasteiger partial charge in [0.2, 0.25) is 0 Å². The maximum atomic E-state index is 13.2. The van der Waals surface area contributed by atoms with Crippen LogP contribution in [0.25, 0.3) is 11.0 Å². The van der Waals surface area contributed by atoms with Gasteiger partial charge in [-0.3, -0.25) is 0 Å². The molecule has 10 heteroatoms. The molecule has 1 aliphatic rings. The highest BCUT2D eigenvalue weighted by molar-refractivity contribution is 7.92. The number of nitrogens with zero attached hydrogens (tertiary/aromatic N) is 3. The molecule has 2 aromatic heterocycles. The second kappa shape index (κ2) is 9.11. The molecule has 1 aliphatic heterocycles. The van der Waals surface area contributed by atoms with Gasteiger partial charge in [-0.25, -0.2) is 18.5 Å². The van der Waals surface area contributed by atoms with Crippen LogP contribution in [-0.4, -0.2) is 57.3 Å². The zero-order valence-electron chi connectivity index (χ0n) is 17.6. The molecular formula is C20H27FN4O4S. The molecule has 0 aromatic carbocycles. The normalized spacial score (nSPS) is 15.3. The monoisotopic (exact) mass is 438 g/mol. The Kier molecular flexibility index (Phi) is 6.74. The van der Waals surface area contributed by atoms with Crippen molar-refractivity contribution in [1.82, 2.24) is 13.9 Å². The van der Waals surface area contributed by atoms with E-state index in [1.54, 1.807) is 24.1 Å². The Morgan fingerprint density at radius 2 is 2.03 bits per heavy atom. The zero-order valence-corrected chi connectivity index (χ0v) is 18.4. The molecule has 164 valence electrons. The van der Waals surface area contributed by atoms with Crippen LogP contribution in [0.5, 0.6) is 0 Å². The Morgan fingerprint density at radius 1 is 1.33 bits per heavy atom. The van der Waals surface area contributed by atoms with E-state index >= 15 is 0 Å². The first kappa shape index (κ1) is 22.2. The smallest absolute Gasteiger partial charge is 0.410 e. The number of carbonyl (C=O) groups excluding carboxylic acids is 2. The highest BCUT2D eigenvalue weighted by Gasteiger charge is 2.27. The highest BCUT2D eigenvalue weighted by atomic mass is 32.2. The van der Waals surface area contributed by atoms with Gasteiger partial charge in [0.1, 0.15) is 5.60 Å². The van der Waals surface area contributed by atoms with Crippen molar-refractivity contribution in [2.24, 2.45) is 0 Å². The molecule has 1 amide bonds. The molecule has 0 unspecified atom stereocenters. The zero-order chi connectivity index (χ0) is 21.9. The molecule has 0 atom stereocenters. The summed E-state index contributed by atoms with van der Waals surface area (Å²) in [6.45, 7) is 8.67. The van der Waals surface area contributed by atoms with E-state index in [1.165, 1.54) is 10.2 Å². The van der Waals surface area contributed by atoms with Crippen molar-refractivity contribution in [3.05, 3.63) is 24.0 Å². The van der Waals surface area contributed by atoms with Gasteiger partial charge in [-0.1, -0.05) is 0 Å². The Labute approximate surface area is 179 Å².